The van der Waals surface area contributed by atoms with Gasteiger partial charge < -0.3 is 11.1 Å². The van der Waals surface area contributed by atoms with Gasteiger partial charge >= 0.3 is 0 Å². The van der Waals surface area contributed by atoms with Crippen molar-refractivity contribution in [3.05, 3.63) is 11.1 Å². The van der Waals surface area contributed by atoms with E-state index in [1.807, 2.05) is 0 Å². The van der Waals surface area contributed by atoms with Crippen molar-refractivity contribution in [2.24, 2.45) is 5.92 Å². The minimum Gasteiger partial charge on any atom is -0.375 e. The van der Waals surface area contributed by atoms with Gasteiger partial charge in [0.15, 0.2) is 5.13 Å². The summed E-state index contributed by atoms with van der Waals surface area (Å²) in [6.07, 6.45) is 7.52. The molecule has 17 heavy (non-hydrogen) atoms. The first-order valence-electron chi connectivity index (χ1n) is 6.23. The van der Waals surface area contributed by atoms with Gasteiger partial charge in [0, 0.05) is 6.04 Å². The molecule has 1 fully saturated rings. The van der Waals surface area contributed by atoms with Gasteiger partial charge in [0.05, 0.1) is 6.20 Å². The Hall–Kier alpha value is -1.10. The second kappa shape index (κ2) is 5.49. The first-order valence-corrected chi connectivity index (χ1v) is 7.04. The number of hydrogen-bond acceptors (Lipinski definition) is 4. The third-order valence-electron chi connectivity index (χ3n) is 3.50. The Morgan fingerprint density at radius 3 is 3.00 bits per heavy atom. The zero-order valence-electron chi connectivity index (χ0n) is 10.1. The van der Waals surface area contributed by atoms with Crippen LogP contribution in [0.15, 0.2) is 6.20 Å². The number of nitrogens with two attached hydrogens (primary N) is 1. The van der Waals surface area contributed by atoms with Crippen LogP contribution in [-0.4, -0.2) is 16.9 Å². The predicted octanol–water partition coefficient (Wildman–Crippen LogP) is 2.42. The van der Waals surface area contributed by atoms with E-state index in [0.29, 0.717) is 22.0 Å². The van der Waals surface area contributed by atoms with E-state index in [4.69, 9.17) is 5.73 Å². The third-order valence-corrected chi connectivity index (χ3v) is 4.32. The molecule has 1 heterocycles. The average Bonchev–Trinajstić information content (AvgIpc) is 2.77. The van der Waals surface area contributed by atoms with Gasteiger partial charge in [-0.3, -0.25) is 4.79 Å². The largest absolute Gasteiger partial charge is 0.375 e. The van der Waals surface area contributed by atoms with Gasteiger partial charge in [-0.15, -0.1) is 0 Å². The number of anilines is 1. The van der Waals surface area contributed by atoms with E-state index >= 15 is 0 Å². The lowest BCUT2D eigenvalue weighted by Crippen LogP contribution is -2.41. The molecule has 94 valence electrons. The van der Waals surface area contributed by atoms with E-state index in [1.54, 1.807) is 6.20 Å². The van der Waals surface area contributed by atoms with Crippen LogP contribution in [0.5, 0.6) is 0 Å². The van der Waals surface area contributed by atoms with Crippen molar-refractivity contribution in [2.45, 2.75) is 45.1 Å². The molecule has 1 saturated carbocycles. The Labute approximate surface area is 106 Å². The fourth-order valence-electron chi connectivity index (χ4n) is 2.52. The first kappa shape index (κ1) is 12.4. The molecule has 0 bridgehead atoms. The number of carbonyl (C=O) groups excluding carboxylic acids is 1. The molecule has 0 aromatic carbocycles. The maximum Gasteiger partial charge on any atom is 0.263 e. The standard InChI is InChI=1S/C12H19N3OS/c1-2-8-5-3-4-6-9(8)15-11(16)10-7-14-12(13)17-10/h7-9H,2-6H2,1H3,(H2,13,14)(H,15,16). The number of nitrogen functional groups attached to an aromatic ring is 1. The van der Waals surface area contributed by atoms with Gasteiger partial charge in [0.25, 0.3) is 5.91 Å². The summed E-state index contributed by atoms with van der Waals surface area (Å²) in [6.45, 7) is 2.19. The highest BCUT2D eigenvalue weighted by atomic mass is 32.1. The topological polar surface area (TPSA) is 68.0 Å². The van der Waals surface area contributed by atoms with Crippen LogP contribution in [0.1, 0.15) is 48.7 Å². The minimum atomic E-state index is -0.0236. The molecule has 0 aliphatic heterocycles. The van der Waals surface area contributed by atoms with Crippen molar-refractivity contribution in [3.63, 3.8) is 0 Å². The molecule has 0 spiro atoms. The van der Waals surface area contributed by atoms with Crippen LogP contribution in [-0.2, 0) is 0 Å². The molecular formula is C12H19N3OS. The van der Waals surface area contributed by atoms with Crippen molar-refractivity contribution in [1.82, 2.24) is 10.3 Å². The van der Waals surface area contributed by atoms with Gasteiger partial charge in [-0.1, -0.05) is 37.5 Å². The molecule has 0 radical (unpaired) electrons. The van der Waals surface area contributed by atoms with Crippen LogP contribution in [0, 0.1) is 5.92 Å². The van der Waals surface area contributed by atoms with Crippen LogP contribution >= 0.6 is 11.3 Å². The van der Waals surface area contributed by atoms with Gasteiger partial charge in [-0.25, -0.2) is 4.98 Å². The fourth-order valence-corrected chi connectivity index (χ4v) is 3.11. The van der Waals surface area contributed by atoms with Crippen molar-refractivity contribution in [2.75, 3.05) is 5.73 Å². The molecular weight excluding hydrogens is 234 g/mol. The molecule has 2 rings (SSSR count). The van der Waals surface area contributed by atoms with Gasteiger partial charge in [-0.2, -0.15) is 0 Å². The van der Waals surface area contributed by atoms with E-state index in [-0.39, 0.29) is 5.91 Å². The number of nitrogens with zero attached hydrogens (tertiary/aromatic N) is 1. The summed E-state index contributed by atoms with van der Waals surface area (Å²) in [5, 5.41) is 3.58. The highest BCUT2D eigenvalue weighted by Crippen LogP contribution is 2.27. The number of amides is 1. The van der Waals surface area contributed by atoms with Crippen molar-refractivity contribution >= 4 is 22.4 Å². The second-order valence-corrected chi connectivity index (χ2v) is 5.66. The smallest absolute Gasteiger partial charge is 0.263 e. The summed E-state index contributed by atoms with van der Waals surface area (Å²) in [6, 6.07) is 0.324. The summed E-state index contributed by atoms with van der Waals surface area (Å²) in [4.78, 5) is 16.5. The fraction of sp³-hybridized carbons (Fsp3) is 0.667. The number of aromatic nitrogens is 1. The minimum absolute atomic E-state index is 0.0236. The summed E-state index contributed by atoms with van der Waals surface area (Å²) in [5.41, 5.74) is 5.53. The maximum absolute atomic E-state index is 12.0. The first-order chi connectivity index (χ1) is 8.20. The maximum atomic E-state index is 12.0. The molecule has 3 N–H and O–H groups in total. The van der Waals surface area contributed by atoms with E-state index < -0.39 is 0 Å². The highest BCUT2D eigenvalue weighted by Gasteiger charge is 2.25. The Morgan fingerprint density at radius 1 is 1.59 bits per heavy atom. The predicted molar refractivity (Wildman–Crippen MR) is 70.0 cm³/mol. The van der Waals surface area contributed by atoms with Crippen LogP contribution in [0.2, 0.25) is 0 Å². The van der Waals surface area contributed by atoms with E-state index in [1.165, 1.54) is 30.6 Å². The van der Waals surface area contributed by atoms with E-state index in [9.17, 15) is 4.79 Å². The van der Waals surface area contributed by atoms with Crippen molar-refractivity contribution in [1.29, 1.82) is 0 Å². The lowest BCUT2D eigenvalue weighted by Gasteiger charge is -2.31. The summed E-state index contributed by atoms with van der Waals surface area (Å²) >= 11 is 1.25. The van der Waals surface area contributed by atoms with Crippen LogP contribution < -0.4 is 11.1 Å². The SMILES string of the molecule is CCC1CCCCC1NC(=O)c1cnc(N)s1. The molecule has 2 atom stereocenters. The molecule has 1 amide bonds. The van der Waals surface area contributed by atoms with Crippen LogP contribution in [0.4, 0.5) is 5.13 Å². The molecule has 1 aromatic rings. The molecule has 4 nitrogen and oxygen atoms in total. The lowest BCUT2D eigenvalue weighted by atomic mass is 9.83. The molecule has 1 aliphatic carbocycles. The zero-order chi connectivity index (χ0) is 12.3. The van der Waals surface area contributed by atoms with Gasteiger partial charge in [-0.05, 0) is 18.8 Å². The van der Waals surface area contributed by atoms with Crippen LogP contribution in [0.3, 0.4) is 0 Å². The highest BCUT2D eigenvalue weighted by molar-refractivity contribution is 7.17. The van der Waals surface area contributed by atoms with Gasteiger partial charge in [0.1, 0.15) is 4.88 Å². The Bertz CT molecular complexity index is 391. The Kier molecular flexibility index (Phi) is 3.99. The number of rotatable bonds is 3. The second-order valence-electron chi connectivity index (χ2n) is 4.60. The van der Waals surface area contributed by atoms with E-state index in [0.717, 1.165) is 12.8 Å². The van der Waals surface area contributed by atoms with Gasteiger partial charge in [0.2, 0.25) is 0 Å². The van der Waals surface area contributed by atoms with Crippen molar-refractivity contribution in [3.8, 4) is 0 Å². The molecule has 1 aliphatic rings. The number of hydrogen-bond donors (Lipinski definition) is 2. The molecule has 2 unspecified atom stereocenters. The van der Waals surface area contributed by atoms with E-state index in [2.05, 4.69) is 17.2 Å². The summed E-state index contributed by atoms with van der Waals surface area (Å²) in [7, 11) is 0. The number of nitrogens with one attached hydrogen (secondary N) is 1. The normalized spacial score (nSPS) is 24.5. The lowest BCUT2D eigenvalue weighted by molar-refractivity contribution is 0.0908. The quantitative estimate of drug-likeness (QED) is 0.869. The Balaban J connectivity index is 1.97. The number of carbonyl (C=O) groups is 1. The van der Waals surface area contributed by atoms with Crippen molar-refractivity contribution < 1.29 is 4.79 Å². The third kappa shape index (κ3) is 2.97. The summed E-state index contributed by atoms with van der Waals surface area (Å²) < 4.78 is 0. The molecule has 0 saturated heterocycles. The molecule has 1 aromatic heterocycles. The Morgan fingerprint density at radius 2 is 2.35 bits per heavy atom. The van der Waals surface area contributed by atoms with Crippen LogP contribution in [0.25, 0.3) is 0 Å². The number of thiazole rings is 1. The molecule has 5 heteroatoms. The summed E-state index contributed by atoms with van der Waals surface area (Å²) in [5.74, 6) is 0.600. The monoisotopic (exact) mass is 253 g/mol. The average molecular weight is 253 g/mol. The zero-order valence-corrected chi connectivity index (χ0v) is 10.9.